The van der Waals surface area contributed by atoms with Crippen molar-refractivity contribution in [2.75, 3.05) is 0 Å². The molecule has 2 rings (SSSR count). The Kier molecular flexibility index (Phi) is 59.0. The smallest absolute Gasteiger partial charge is 0.0636 e. The van der Waals surface area contributed by atoms with Crippen molar-refractivity contribution in [2.24, 2.45) is 9.98 Å². The molecule has 0 amide bonds. The summed E-state index contributed by atoms with van der Waals surface area (Å²) >= 11 is 0. The van der Waals surface area contributed by atoms with Crippen LogP contribution in [0.4, 0.5) is 11.4 Å². The van der Waals surface area contributed by atoms with Crippen LogP contribution >= 0.6 is 0 Å². The second-order valence-electron chi connectivity index (χ2n) is 25.5. The maximum absolute atomic E-state index is 5.51. The summed E-state index contributed by atoms with van der Waals surface area (Å²) in [5, 5.41) is 0. The largest absolute Gasteiger partial charge is 0.252 e. The molecule has 0 heterocycles. The van der Waals surface area contributed by atoms with E-state index < -0.39 is 0 Å². The average molecular weight is 1150 g/mol. The van der Waals surface area contributed by atoms with Gasteiger partial charge in [0.05, 0.1) is 22.8 Å². The van der Waals surface area contributed by atoms with Crippen molar-refractivity contribution >= 4 is 22.8 Å². The van der Waals surface area contributed by atoms with Gasteiger partial charge in [-0.1, -0.05) is 379 Å². The summed E-state index contributed by atoms with van der Waals surface area (Å²) < 4.78 is 0. The standard InChI is InChI=1S/C77H138N2.Ni/c1-5-9-13-16-19-21-23-25-27-29-31-33-35-37-39-41-43-45-47-49-51-53-57-62-72-64-60-66-74(70-72)78-76(68-56-12-8-4)77(69-59-55-18-15-11-7-3)79-75-67-61-65-73(71-75)63-58-54-52-50-48-46-44-42-40-38-36-34-32-30-28-26-24-22-20-17-14-10-6-2;/h60-61,64-67,70-71H,5-59,62-63,68-69H2,1-4H3;. The van der Waals surface area contributed by atoms with Crippen LogP contribution in [0.5, 0.6) is 0 Å². The first-order chi connectivity index (χ1) is 39.2. The summed E-state index contributed by atoms with van der Waals surface area (Å²) in [7, 11) is 0. The summed E-state index contributed by atoms with van der Waals surface area (Å²) in [5.74, 6) is 0. The Labute approximate surface area is 512 Å². The molecule has 0 aliphatic heterocycles. The first-order valence-corrected chi connectivity index (χ1v) is 36.5. The van der Waals surface area contributed by atoms with Crippen LogP contribution in [-0.4, -0.2) is 11.4 Å². The van der Waals surface area contributed by atoms with Crippen molar-refractivity contribution in [3.05, 3.63) is 59.7 Å². The maximum atomic E-state index is 5.51. The minimum absolute atomic E-state index is 0. The van der Waals surface area contributed by atoms with Crippen LogP contribution in [0.3, 0.4) is 0 Å². The van der Waals surface area contributed by atoms with Gasteiger partial charge < -0.3 is 0 Å². The van der Waals surface area contributed by atoms with Crippen molar-refractivity contribution in [3.63, 3.8) is 0 Å². The van der Waals surface area contributed by atoms with Gasteiger partial charge in [0.25, 0.3) is 0 Å². The zero-order valence-electron chi connectivity index (χ0n) is 54.5. The van der Waals surface area contributed by atoms with Crippen molar-refractivity contribution < 1.29 is 16.5 Å². The van der Waals surface area contributed by atoms with E-state index in [0.29, 0.717) is 0 Å². The molecule has 2 aromatic carbocycles. The van der Waals surface area contributed by atoms with E-state index in [2.05, 4.69) is 76.2 Å². The van der Waals surface area contributed by atoms with Gasteiger partial charge in [-0.3, -0.25) is 9.98 Å². The third-order valence-corrected chi connectivity index (χ3v) is 17.6. The quantitative estimate of drug-likeness (QED) is 0.0358. The van der Waals surface area contributed by atoms with Crippen LogP contribution in [-0.2, 0) is 29.3 Å². The van der Waals surface area contributed by atoms with Gasteiger partial charge in [0.1, 0.15) is 0 Å². The molecule has 0 unspecified atom stereocenters. The van der Waals surface area contributed by atoms with Gasteiger partial charge in [-0.25, -0.2) is 0 Å². The van der Waals surface area contributed by atoms with E-state index in [1.54, 1.807) is 0 Å². The SMILES string of the molecule is CCCCCCCCCCCCCCCCCCCCCCCCCc1cccc(N=C(CCCCC)C(CCCCCCCC)=Nc2cccc(CCCCCCCCCCCCCCCCCCCCCCCCC)c2)c1.[Ni]. The second-order valence-corrected chi connectivity index (χ2v) is 25.5. The molecule has 0 radical (unpaired) electrons. The molecule has 2 aromatic rings. The van der Waals surface area contributed by atoms with E-state index in [1.807, 2.05) is 0 Å². The zero-order valence-corrected chi connectivity index (χ0v) is 55.5. The van der Waals surface area contributed by atoms with Crippen LogP contribution in [0.25, 0.3) is 0 Å². The van der Waals surface area contributed by atoms with Crippen LogP contribution < -0.4 is 0 Å². The summed E-state index contributed by atoms with van der Waals surface area (Å²) in [4.78, 5) is 11.0. The fraction of sp³-hybridized carbons (Fsp3) is 0.818. The van der Waals surface area contributed by atoms with Gasteiger partial charge in [0.2, 0.25) is 0 Å². The minimum atomic E-state index is 0. The molecule has 0 N–H and O–H groups in total. The molecule has 0 saturated carbocycles. The molecule has 0 saturated heterocycles. The van der Waals surface area contributed by atoms with Crippen LogP contribution in [0.1, 0.15) is 405 Å². The van der Waals surface area contributed by atoms with Gasteiger partial charge >= 0.3 is 0 Å². The van der Waals surface area contributed by atoms with E-state index >= 15 is 0 Å². The molecule has 0 bridgehead atoms. The molecule has 3 heteroatoms. The monoisotopic (exact) mass is 1150 g/mol. The molecule has 0 atom stereocenters. The van der Waals surface area contributed by atoms with Crippen molar-refractivity contribution in [1.29, 1.82) is 0 Å². The van der Waals surface area contributed by atoms with Crippen LogP contribution in [0.2, 0.25) is 0 Å². The van der Waals surface area contributed by atoms with E-state index in [9.17, 15) is 0 Å². The predicted molar refractivity (Wildman–Crippen MR) is 360 cm³/mol. The Bertz CT molecular complexity index is 1610. The average Bonchev–Trinajstić information content (AvgIpc) is 3.46. The molecule has 0 aliphatic rings. The molecular weight excluding hydrogens is 1010 g/mol. The van der Waals surface area contributed by atoms with Crippen LogP contribution in [0, 0.1) is 0 Å². The number of hydrogen-bond donors (Lipinski definition) is 0. The van der Waals surface area contributed by atoms with E-state index in [-0.39, 0.29) is 16.5 Å². The molecule has 80 heavy (non-hydrogen) atoms. The molecule has 466 valence electrons. The van der Waals surface area contributed by atoms with Gasteiger partial charge in [0, 0.05) is 16.5 Å². The Balaban J connectivity index is 0.0000320. The molecule has 0 aromatic heterocycles. The summed E-state index contributed by atoms with van der Waals surface area (Å²) in [6, 6.07) is 18.5. The summed E-state index contributed by atoms with van der Waals surface area (Å²) in [5.41, 5.74) is 7.63. The summed E-state index contributed by atoms with van der Waals surface area (Å²) in [6.07, 6.45) is 82.1. The summed E-state index contributed by atoms with van der Waals surface area (Å²) in [6.45, 7) is 9.27. The number of aryl methyl sites for hydroxylation is 2. The fourth-order valence-electron chi connectivity index (χ4n) is 12.2. The fourth-order valence-corrected chi connectivity index (χ4v) is 12.2. The first-order valence-electron chi connectivity index (χ1n) is 36.5. The zero-order chi connectivity index (χ0) is 56.3. The molecule has 0 spiro atoms. The Morgan fingerprint density at radius 2 is 0.425 bits per heavy atom. The van der Waals surface area contributed by atoms with Crippen molar-refractivity contribution in [2.45, 2.75) is 407 Å². The number of hydrogen-bond acceptors (Lipinski definition) is 2. The normalized spacial score (nSPS) is 12.0. The number of rotatable bonds is 62. The molecular formula is C77H138N2Ni. The maximum Gasteiger partial charge on any atom is 0.0636 e. The van der Waals surface area contributed by atoms with Gasteiger partial charge in [-0.15, -0.1) is 0 Å². The van der Waals surface area contributed by atoms with Crippen molar-refractivity contribution in [3.8, 4) is 0 Å². The Morgan fingerprint density at radius 3 is 0.662 bits per heavy atom. The third kappa shape index (κ3) is 49.7. The molecule has 0 fully saturated rings. The van der Waals surface area contributed by atoms with Gasteiger partial charge in [0.15, 0.2) is 0 Å². The van der Waals surface area contributed by atoms with Crippen LogP contribution in [0.15, 0.2) is 58.5 Å². The number of benzene rings is 2. The topological polar surface area (TPSA) is 24.7 Å². The van der Waals surface area contributed by atoms with E-state index in [0.717, 1.165) is 24.2 Å². The van der Waals surface area contributed by atoms with Gasteiger partial charge in [-0.05, 0) is 86.8 Å². The number of unbranched alkanes of at least 4 members (excludes halogenated alkanes) is 51. The Hall–Kier alpha value is -1.73. The Morgan fingerprint density at radius 1 is 0.237 bits per heavy atom. The molecule has 0 aliphatic carbocycles. The number of nitrogens with zero attached hydrogens (tertiary/aromatic N) is 2. The number of aliphatic imine (C=N–C) groups is 2. The molecule has 2 nitrogen and oxygen atoms in total. The second kappa shape index (κ2) is 61.8. The predicted octanol–water partition coefficient (Wildman–Crippen LogP) is 27.9. The first kappa shape index (κ1) is 76.3. The van der Waals surface area contributed by atoms with Gasteiger partial charge in [-0.2, -0.15) is 0 Å². The van der Waals surface area contributed by atoms with Crippen molar-refractivity contribution in [1.82, 2.24) is 0 Å². The van der Waals surface area contributed by atoms with E-state index in [1.165, 1.54) is 389 Å². The minimum Gasteiger partial charge on any atom is -0.252 e. The third-order valence-electron chi connectivity index (χ3n) is 17.6. The van der Waals surface area contributed by atoms with E-state index in [4.69, 9.17) is 9.98 Å².